The Morgan fingerprint density at radius 1 is 1.10 bits per heavy atom. The van der Waals surface area contributed by atoms with E-state index in [1.54, 1.807) is 6.92 Å². The summed E-state index contributed by atoms with van der Waals surface area (Å²) >= 11 is 0. The number of carbonyl (C=O) groups is 3. The largest absolute Gasteiger partial charge is 0.464 e. The number of ether oxygens (including phenoxy) is 1. The van der Waals surface area contributed by atoms with Crippen molar-refractivity contribution in [1.82, 2.24) is 9.62 Å². The molecule has 0 bridgehead atoms. The van der Waals surface area contributed by atoms with E-state index in [0.29, 0.717) is 18.4 Å². The number of nitrogens with one attached hydrogen (secondary N) is 1. The Labute approximate surface area is 171 Å². The number of nitrogens with zero attached hydrogens (tertiary/aromatic N) is 1. The van der Waals surface area contributed by atoms with Gasteiger partial charge in [0.2, 0.25) is 15.9 Å². The first-order valence-electron chi connectivity index (χ1n) is 9.68. The lowest BCUT2D eigenvalue weighted by molar-refractivity contribution is -0.155. The van der Waals surface area contributed by atoms with Crippen molar-refractivity contribution in [2.24, 2.45) is 0 Å². The van der Waals surface area contributed by atoms with Crippen molar-refractivity contribution in [3.8, 4) is 0 Å². The molecule has 0 heterocycles. The van der Waals surface area contributed by atoms with Crippen LogP contribution in [-0.4, -0.2) is 56.1 Å². The van der Waals surface area contributed by atoms with Gasteiger partial charge in [0.15, 0.2) is 5.78 Å². The van der Waals surface area contributed by atoms with Crippen LogP contribution in [0.4, 0.5) is 0 Å². The van der Waals surface area contributed by atoms with Crippen LogP contribution in [0.3, 0.4) is 0 Å². The molecule has 1 aliphatic carbocycles. The minimum atomic E-state index is -3.92. The molecular weight excluding hydrogens is 396 g/mol. The molecule has 1 N–H and O–H groups in total. The maximum Gasteiger partial charge on any atom is 0.331 e. The number of carbonyl (C=O) groups excluding carboxylic acids is 3. The van der Waals surface area contributed by atoms with Gasteiger partial charge in [-0.25, -0.2) is 13.2 Å². The highest BCUT2D eigenvalue weighted by Crippen LogP contribution is 2.29. The van der Waals surface area contributed by atoms with E-state index in [9.17, 15) is 22.8 Å². The van der Waals surface area contributed by atoms with Crippen molar-refractivity contribution in [2.45, 2.75) is 56.4 Å². The van der Waals surface area contributed by atoms with Gasteiger partial charge in [0, 0.05) is 12.6 Å². The van der Waals surface area contributed by atoms with E-state index >= 15 is 0 Å². The number of benzene rings is 1. The van der Waals surface area contributed by atoms with Gasteiger partial charge < -0.3 is 10.1 Å². The van der Waals surface area contributed by atoms with Crippen LogP contribution in [0, 0.1) is 0 Å². The topological polar surface area (TPSA) is 110 Å². The Balaban J connectivity index is 2.11. The van der Waals surface area contributed by atoms with Crippen molar-refractivity contribution >= 4 is 27.7 Å². The maximum absolute atomic E-state index is 12.7. The van der Waals surface area contributed by atoms with Gasteiger partial charge >= 0.3 is 5.97 Å². The minimum Gasteiger partial charge on any atom is -0.464 e. The molecule has 160 valence electrons. The minimum absolute atomic E-state index is 0.0180. The summed E-state index contributed by atoms with van der Waals surface area (Å²) in [6, 6.07) is 5.53. The van der Waals surface area contributed by atoms with Crippen LogP contribution >= 0.6 is 0 Å². The summed E-state index contributed by atoms with van der Waals surface area (Å²) in [4.78, 5) is 36.4. The quantitative estimate of drug-likeness (QED) is 0.504. The summed E-state index contributed by atoms with van der Waals surface area (Å²) in [6.07, 6.45) is 3.49. The van der Waals surface area contributed by atoms with Gasteiger partial charge in [-0.1, -0.05) is 31.4 Å². The fraction of sp³-hybridized carbons (Fsp3) is 0.550. The Bertz CT molecular complexity index is 857. The van der Waals surface area contributed by atoms with Crippen molar-refractivity contribution < 1.29 is 27.5 Å². The lowest BCUT2D eigenvalue weighted by Crippen LogP contribution is -2.58. The first kappa shape index (κ1) is 23.0. The lowest BCUT2D eigenvalue weighted by atomic mass is 9.81. The van der Waals surface area contributed by atoms with Crippen LogP contribution in [0.2, 0.25) is 0 Å². The van der Waals surface area contributed by atoms with Gasteiger partial charge in [-0.3, -0.25) is 9.59 Å². The number of ketones is 1. The average Bonchev–Trinajstić information content (AvgIpc) is 2.68. The predicted octanol–water partition coefficient (Wildman–Crippen LogP) is 1.89. The summed E-state index contributed by atoms with van der Waals surface area (Å²) in [6.45, 7) is 2.87. The normalized spacial score (nSPS) is 16.3. The molecule has 0 spiro atoms. The number of likely N-dealkylation sites (N-methyl/N-ethyl adjacent to an activating group) is 1. The molecule has 29 heavy (non-hydrogen) atoms. The fourth-order valence-electron chi connectivity index (χ4n) is 3.44. The third-order valence-corrected chi connectivity index (χ3v) is 6.90. The molecule has 1 aromatic rings. The van der Waals surface area contributed by atoms with Crippen LogP contribution in [0.5, 0.6) is 0 Å². The van der Waals surface area contributed by atoms with Gasteiger partial charge in [-0.05, 0) is 38.8 Å². The molecule has 0 saturated heterocycles. The molecule has 1 amide bonds. The standard InChI is InChI=1S/C20H28N2O6S/c1-4-28-19(25)20(12-6-5-7-13-20)21-18(24)14-22(3)29(26,27)17-10-8-16(9-11-17)15(2)23/h8-11H,4-7,12-14H2,1-3H3,(H,21,24). The highest BCUT2D eigenvalue weighted by Gasteiger charge is 2.42. The van der Waals surface area contributed by atoms with Crippen LogP contribution in [-0.2, 0) is 24.3 Å². The molecule has 0 radical (unpaired) electrons. The third-order valence-electron chi connectivity index (χ3n) is 5.09. The Kier molecular flexibility index (Phi) is 7.54. The number of Topliss-reactive ketones (excluding diaryl/α,β-unsaturated/α-hetero) is 1. The van der Waals surface area contributed by atoms with E-state index in [1.807, 2.05) is 0 Å². The molecular formula is C20H28N2O6S. The van der Waals surface area contributed by atoms with E-state index in [1.165, 1.54) is 38.2 Å². The van der Waals surface area contributed by atoms with Gasteiger partial charge in [-0.2, -0.15) is 4.31 Å². The third kappa shape index (κ3) is 5.42. The number of hydrogen-bond acceptors (Lipinski definition) is 6. The molecule has 0 aliphatic heterocycles. The molecule has 2 rings (SSSR count). The molecule has 1 fully saturated rings. The zero-order valence-electron chi connectivity index (χ0n) is 17.1. The van der Waals surface area contributed by atoms with Crippen molar-refractivity contribution in [2.75, 3.05) is 20.2 Å². The molecule has 0 atom stereocenters. The number of rotatable bonds is 8. The van der Waals surface area contributed by atoms with Gasteiger partial charge in [0.25, 0.3) is 0 Å². The highest BCUT2D eigenvalue weighted by atomic mass is 32.2. The fourth-order valence-corrected chi connectivity index (χ4v) is 4.57. The van der Waals surface area contributed by atoms with Crippen molar-refractivity contribution in [3.05, 3.63) is 29.8 Å². The predicted molar refractivity (Wildman–Crippen MR) is 107 cm³/mol. The molecule has 1 aromatic carbocycles. The highest BCUT2D eigenvalue weighted by molar-refractivity contribution is 7.89. The Morgan fingerprint density at radius 3 is 2.21 bits per heavy atom. The first-order chi connectivity index (χ1) is 13.6. The number of sulfonamides is 1. The first-order valence-corrected chi connectivity index (χ1v) is 11.1. The average molecular weight is 425 g/mol. The summed E-state index contributed by atoms with van der Waals surface area (Å²) in [5.41, 5.74) is -0.697. The monoisotopic (exact) mass is 424 g/mol. The van der Waals surface area contributed by atoms with E-state index < -0.39 is 34.0 Å². The second kappa shape index (κ2) is 9.49. The van der Waals surface area contributed by atoms with Crippen molar-refractivity contribution in [3.63, 3.8) is 0 Å². The molecule has 1 saturated carbocycles. The van der Waals surface area contributed by atoms with E-state index in [4.69, 9.17) is 4.74 Å². The van der Waals surface area contributed by atoms with Crippen LogP contribution in [0.15, 0.2) is 29.2 Å². The molecule has 0 aromatic heterocycles. The smallest absolute Gasteiger partial charge is 0.331 e. The summed E-state index contributed by atoms with van der Waals surface area (Å²) in [5, 5.41) is 2.73. The Morgan fingerprint density at radius 2 is 1.69 bits per heavy atom. The summed E-state index contributed by atoms with van der Waals surface area (Å²) < 4.78 is 31.5. The SMILES string of the molecule is CCOC(=O)C1(NC(=O)CN(C)S(=O)(=O)c2ccc(C(C)=O)cc2)CCCCC1. The summed E-state index contributed by atoms with van der Waals surface area (Å²) in [5.74, 6) is -1.21. The van der Waals surface area contributed by atoms with Gasteiger partial charge in [-0.15, -0.1) is 0 Å². The number of amides is 1. The maximum atomic E-state index is 12.7. The molecule has 9 heteroatoms. The second-order valence-corrected chi connectivity index (χ2v) is 9.30. The van der Waals surface area contributed by atoms with E-state index in [2.05, 4.69) is 5.32 Å². The number of esters is 1. The van der Waals surface area contributed by atoms with E-state index in [-0.39, 0.29) is 17.3 Å². The van der Waals surface area contributed by atoms with Crippen molar-refractivity contribution in [1.29, 1.82) is 0 Å². The van der Waals surface area contributed by atoms with Crippen LogP contribution in [0.1, 0.15) is 56.3 Å². The van der Waals surface area contributed by atoms with Gasteiger partial charge in [0.1, 0.15) is 5.54 Å². The Hall–Kier alpha value is -2.26. The molecule has 1 aliphatic rings. The zero-order valence-corrected chi connectivity index (χ0v) is 17.9. The zero-order chi connectivity index (χ0) is 21.7. The van der Waals surface area contributed by atoms with Crippen LogP contribution in [0.25, 0.3) is 0 Å². The lowest BCUT2D eigenvalue weighted by Gasteiger charge is -2.35. The van der Waals surface area contributed by atoms with E-state index in [0.717, 1.165) is 23.6 Å². The second-order valence-electron chi connectivity index (χ2n) is 7.25. The van der Waals surface area contributed by atoms with Gasteiger partial charge in [0.05, 0.1) is 18.0 Å². The molecule has 0 unspecified atom stereocenters. The summed E-state index contributed by atoms with van der Waals surface area (Å²) in [7, 11) is -2.63. The number of hydrogen-bond donors (Lipinski definition) is 1. The van der Waals surface area contributed by atoms with Crippen LogP contribution < -0.4 is 5.32 Å². The molecule has 8 nitrogen and oxygen atoms in total.